The fourth-order valence-electron chi connectivity index (χ4n) is 4.61. The number of aryl methyl sites for hydroxylation is 2. The molecule has 0 unspecified atom stereocenters. The Morgan fingerprint density at radius 1 is 0.976 bits per heavy atom. The number of nitrogens with one attached hydrogen (secondary N) is 1. The van der Waals surface area contributed by atoms with Crippen LogP contribution in [0.4, 0.5) is 5.69 Å². The van der Waals surface area contributed by atoms with Gasteiger partial charge in [-0.25, -0.2) is 8.42 Å². The van der Waals surface area contributed by atoms with Gasteiger partial charge in [-0.05, 0) is 78.5 Å². The fourth-order valence-corrected chi connectivity index (χ4v) is 6.74. The van der Waals surface area contributed by atoms with E-state index in [2.05, 4.69) is 21.2 Å². The van der Waals surface area contributed by atoms with E-state index in [0.29, 0.717) is 28.9 Å². The molecule has 0 bridgehead atoms. The van der Waals surface area contributed by atoms with Gasteiger partial charge in [-0.2, -0.15) is 0 Å². The van der Waals surface area contributed by atoms with Gasteiger partial charge in [0.2, 0.25) is 11.8 Å². The number of carbonyl (C=O) groups excluding carboxylic acids is 2. The third-order valence-corrected chi connectivity index (χ3v) is 9.35. The molecular formula is C32H40BrN3O5S. The van der Waals surface area contributed by atoms with Gasteiger partial charge in [-0.3, -0.25) is 13.9 Å². The van der Waals surface area contributed by atoms with Crippen LogP contribution < -0.4 is 14.4 Å². The lowest BCUT2D eigenvalue weighted by Crippen LogP contribution is -2.52. The largest absolute Gasteiger partial charge is 0.496 e. The van der Waals surface area contributed by atoms with Crippen molar-refractivity contribution < 1.29 is 22.7 Å². The van der Waals surface area contributed by atoms with Crippen molar-refractivity contribution in [3.63, 3.8) is 0 Å². The van der Waals surface area contributed by atoms with Crippen molar-refractivity contribution in [2.24, 2.45) is 0 Å². The van der Waals surface area contributed by atoms with Crippen molar-refractivity contribution in [1.29, 1.82) is 0 Å². The molecule has 0 aromatic heterocycles. The molecule has 10 heteroatoms. The first kappa shape index (κ1) is 33.1. The molecule has 0 radical (unpaired) electrons. The summed E-state index contributed by atoms with van der Waals surface area (Å²) in [6, 6.07) is 18.4. The number of rotatable bonds is 14. The van der Waals surface area contributed by atoms with E-state index >= 15 is 0 Å². The highest BCUT2D eigenvalue weighted by atomic mass is 79.9. The standard InChI is InChI=1S/C32H40BrN3O5S/c1-6-8-18-34-32(38)29(7-2)35(21-25-11-9-10-24(4)19-25)31(37)22-36(26-14-12-23(3)13-15-26)42(39,40)27-16-17-30(41-5)28(33)20-27/h9-17,19-20,29H,6-8,18,21-22H2,1-5H3,(H,34,38)/t29-/m0/s1. The Bertz CT molecular complexity index is 1480. The number of anilines is 1. The van der Waals surface area contributed by atoms with Crippen molar-refractivity contribution in [3.8, 4) is 5.75 Å². The molecule has 0 fully saturated rings. The molecule has 1 N–H and O–H groups in total. The Kier molecular flexibility index (Phi) is 12.0. The number of ether oxygens (including phenoxy) is 1. The Hall–Kier alpha value is -3.37. The molecule has 1 atom stereocenters. The van der Waals surface area contributed by atoms with Crippen LogP contribution >= 0.6 is 15.9 Å². The number of amides is 2. The van der Waals surface area contributed by atoms with Crippen LogP contribution in [0.2, 0.25) is 0 Å². The number of unbranched alkanes of at least 4 members (excludes halogenated alkanes) is 1. The summed E-state index contributed by atoms with van der Waals surface area (Å²) in [5.74, 6) is -0.252. The number of benzene rings is 3. The molecule has 0 aliphatic rings. The number of sulfonamides is 1. The van der Waals surface area contributed by atoms with Crippen molar-refractivity contribution in [1.82, 2.24) is 10.2 Å². The molecule has 0 aliphatic heterocycles. The summed E-state index contributed by atoms with van der Waals surface area (Å²) >= 11 is 3.37. The summed E-state index contributed by atoms with van der Waals surface area (Å²) in [7, 11) is -2.70. The third kappa shape index (κ3) is 8.35. The van der Waals surface area contributed by atoms with E-state index in [1.165, 1.54) is 24.1 Å². The van der Waals surface area contributed by atoms with Gasteiger partial charge in [0.05, 0.1) is 22.2 Å². The predicted molar refractivity (Wildman–Crippen MR) is 170 cm³/mol. The molecule has 2 amide bonds. The maximum Gasteiger partial charge on any atom is 0.264 e. The summed E-state index contributed by atoms with van der Waals surface area (Å²) in [6.45, 7) is 7.94. The van der Waals surface area contributed by atoms with Crippen molar-refractivity contribution in [2.75, 3.05) is 24.5 Å². The van der Waals surface area contributed by atoms with E-state index in [9.17, 15) is 18.0 Å². The minimum Gasteiger partial charge on any atom is -0.496 e. The first-order valence-electron chi connectivity index (χ1n) is 14.1. The van der Waals surface area contributed by atoms with Crippen LogP contribution in [-0.2, 0) is 26.2 Å². The van der Waals surface area contributed by atoms with Gasteiger partial charge in [-0.1, -0.05) is 67.8 Å². The summed E-state index contributed by atoms with van der Waals surface area (Å²) in [5.41, 5.74) is 3.17. The Morgan fingerprint density at radius 3 is 2.29 bits per heavy atom. The van der Waals surface area contributed by atoms with Crippen LogP contribution in [0.25, 0.3) is 0 Å². The number of carbonyl (C=O) groups is 2. The average molecular weight is 659 g/mol. The predicted octanol–water partition coefficient (Wildman–Crippen LogP) is 5.99. The van der Waals surface area contributed by atoms with Crippen LogP contribution in [0.15, 0.2) is 76.1 Å². The van der Waals surface area contributed by atoms with E-state index in [-0.39, 0.29) is 17.3 Å². The van der Waals surface area contributed by atoms with E-state index in [4.69, 9.17) is 4.74 Å². The number of halogens is 1. The second-order valence-corrected chi connectivity index (χ2v) is 12.9. The Morgan fingerprint density at radius 2 is 1.69 bits per heavy atom. The van der Waals surface area contributed by atoms with Gasteiger partial charge >= 0.3 is 0 Å². The Balaban J connectivity index is 2.06. The molecule has 3 aromatic rings. The molecular weight excluding hydrogens is 618 g/mol. The van der Waals surface area contributed by atoms with Crippen LogP contribution in [0.1, 0.15) is 49.8 Å². The monoisotopic (exact) mass is 657 g/mol. The molecule has 0 saturated heterocycles. The van der Waals surface area contributed by atoms with E-state index < -0.39 is 28.5 Å². The molecule has 0 aliphatic carbocycles. The third-order valence-electron chi connectivity index (χ3n) is 6.96. The Labute approximate surface area is 258 Å². The van der Waals surface area contributed by atoms with Crippen LogP contribution in [-0.4, -0.2) is 51.4 Å². The summed E-state index contributed by atoms with van der Waals surface area (Å²) in [5, 5.41) is 2.95. The first-order valence-corrected chi connectivity index (χ1v) is 16.3. The summed E-state index contributed by atoms with van der Waals surface area (Å²) < 4.78 is 35.0. The maximum absolute atomic E-state index is 14.2. The van der Waals surface area contributed by atoms with E-state index in [0.717, 1.165) is 33.8 Å². The van der Waals surface area contributed by atoms with Crippen LogP contribution in [0, 0.1) is 13.8 Å². The molecule has 42 heavy (non-hydrogen) atoms. The molecule has 0 heterocycles. The quantitative estimate of drug-likeness (QED) is 0.215. The second kappa shape index (κ2) is 15.2. The fraction of sp³-hybridized carbons (Fsp3) is 0.375. The zero-order valence-electron chi connectivity index (χ0n) is 24.9. The highest BCUT2D eigenvalue weighted by Crippen LogP contribution is 2.31. The van der Waals surface area contributed by atoms with Gasteiger partial charge in [0.1, 0.15) is 18.3 Å². The van der Waals surface area contributed by atoms with Crippen molar-refractivity contribution in [2.45, 2.75) is 64.4 Å². The van der Waals surface area contributed by atoms with Gasteiger partial charge in [0.25, 0.3) is 10.0 Å². The van der Waals surface area contributed by atoms with Crippen molar-refractivity contribution >= 4 is 43.5 Å². The van der Waals surface area contributed by atoms with Gasteiger partial charge < -0.3 is 15.0 Å². The lowest BCUT2D eigenvalue weighted by atomic mass is 10.1. The minimum absolute atomic E-state index is 0.00173. The highest BCUT2D eigenvalue weighted by molar-refractivity contribution is 9.10. The topological polar surface area (TPSA) is 96.0 Å². The average Bonchev–Trinajstić information content (AvgIpc) is 2.96. The molecule has 3 rings (SSSR count). The number of hydrogen-bond acceptors (Lipinski definition) is 5. The van der Waals surface area contributed by atoms with E-state index in [1.807, 2.05) is 52.0 Å². The maximum atomic E-state index is 14.2. The zero-order chi connectivity index (χ0) is 30.9. The normalized spacial score (nSPS) is 12.0. The SMILES string of the molecule is CCCCNC(=O)[C@H](CC)N(Cc1cccc(C)c1)C(=O)CN(c1ccc(C)cc1)S(=O)(=O)c1ccc(OC)c(Br)c1. The van der Waals surface area contributed by atoms with Gasteiger partial charge in [0, 0.05) is 13.1 Å². The smallest absolute Gasteiger partial charge is 0.264 e. The number of nitrogens with zero attached hydrogens (tertiary/aromatic N) is 2. The number of methoxy groups -OCH3 is 1. The van der Waals surface area contributed by atoms with E-state index in [1.54, 1.807) is 30.3 Å². The van der Waals surface area contributed by atoms with Crippen LogP contribution in [0.5, 0.6) is 5.75 Å². The van der Waals surface area contributed by atoms with Gasteiger partial charge in [0.15, 0.2) is 0 Å². The molecule has 226 valence electrons. The first-order chi connectivity index (χ1) is 20.0. The number of hydrogen-bond donors (Lipinski definition) is 1. The second-order valence-electron chi connectivity index (χ2n) is 10.2. The molecule has 0 saturated carbocycles. The zero-order valence-corrected chi connectivity index (χ0v) is 27.3. The molecule has 3 aromatic carbocycles. The summed E-state index contributed by atoms with van der Waals surface area (Å²) in [4.78, 5) is 29.0. The highest BCUT2D eigenvalue weighted by Gasteiger charge is 2.34. The molecule has 0 spiro atoms. The van der Waals surface area contributed by atoms with Crippen LogP contribution in [0.3, 0.4) is 0 Å². The minimum atomic E-state index is -4.19. The van der Waals surface area contributed by atoms with Gasteiger partial charge in [-0.15, -0.1) is 0 Å². The summed E-state index contributed by atoms with van der Waals surface area (Å²) in [6.07, 6.45) is 2.12. The lowest BCUT2D eigenvalue weighted by molar-refractivity contribution is -0.140. The lowest BCUT2D eigenvalue weighted by Gasteiger charge is -2.33. The molecule has 8 nitrogen and oxygen atoms in total. The van der Waals surface area contributed by atoms with Crippen molar-refractivity contribution in [3.05, 3.63) is 87.9 Å².